The van der Waals surface area contributed by atoms with Gasteiger partial charge in [-0.1, -0.05) is 29.3 Å². The monoisotopic (exact) mass is 304 g/mol. The van der Waals surface area contributed by atoms with Gasteiger partial charge in [-0.2, -0.15) is 0 Å². The number of aliphatic hydroxyl groups excluding tert-OH is 1. The van der Waals surface area contributed by atoms with E-state index in [0.29, 0.717) is 6.42 Å². The number of amides is 2. The van der Waals surface area contributed by atoms with Gasteiger partial charge in [0.05, 0.1) is 6.04 Å². The molecule has 0 aromatic heterocycles. The fourth-order valence-electron chi connectivity index (χ4n) is 3.33. The van der Waals surface area contributed by atoms with Crippen molar-refractivity contribution < 1.29 is 9.90 Å². The second kappa shape index (κ2) is 7.63. The molecule has 0 radical (unpaired) electrons. The number of hydrogen-bond donors (Lipinski definition) is 2. The highest BCUT2D eigenvalue weighted by Crippen LogP contribution is 2.21. The maximum absolute atomic E-state index is 12.6. The lowest BCUT2D eigenvalue weighted by Crippen LogP contribution is -2.49. The van der Waals surface area contributed by atoms with Crippen LogP contribution in [0.1, 0.15) is 55.3 Å². The van der Waals surface area contributed by atoms with Crippen molar-refractivity contribution >= 4 is 6.03 Å². The molecular weight excluding hydrogens is 276 g/mol. The minimum Gasteiger partial charge on any atom is -0.396 e. The summed E-state index contributed by atoms with van der Waals surface area (Å²) >= 11 is 0. The quantitative estimate of drug-likeness (QED) is 0.896. The van der Waals surface area contributed by atoms with E-state index in [0.717, 1.165) is 31.4 Å². The highest BCUT2D eigenvalue weighted by atomic mass is 16.3. The van der Waals surface area contributed by atoms with E-state index < -0.39 is 0 Å². The zero-order chi connectivity index (χ0) is 16.1. The fourth-order valence-corrected chi connectivity index (χ4v) is 3.33. The summed E-state index contributed by atoms with van der Waals surface area (Å²) in [5.41, 5.74) is 3.57. The zero-order valence-electron chi connectivity index (χ0n) is 13.9. The number of aliphatic hydroxyl groups is 1. The standard InChI is InChI=1S/C18H28N2O2/c1-13-10-14(2)12-16(11-13)15(3)19-18(22)20-8-5-4-6-17(20)7-9-21/h10-12,15,17,21H,4-9H2,1-3H3,(H,19,22). The van der Waals surface area contributed by atoms with E-state index in [4.69, 9.17) is 0 Å². The Balaban J connectivity index is 2.03. The normalized spacial score (nSPS) is 19.8. The first-order valence-corrected chi connectivity index (χ1v) is 8.27. The van der Waals surface area contributed by atoms with Crippen molar-refractivity contribution in [2.75, 3.05) is 13.2 Å². The molecular formula is C18H28N2O2. The van der Waals surface area contributed by atoms with Crippen LogP contribution in [0.15, 0.2) is 18.2 Å². The molecule has 1 heterocycles. The molecule has 2 unspecified atom stereocenters. The van der Waals surface area contributed by atoms with Crippen molar-refractivity contribution in [2.45, 2.75) is 58.5 Å². The Labute approximate surface area is 133 Å². The van der Waals surface area contributed by atoms with Gasteiger partial charge in [0.1, 0.15) is 0 Å². The molecule has 1 aliphatic rings. The first kappa shape index (κ1) is 16.8. The molecule has 1 fully saturated rings. The molecule has 0 bridgehead atoms. The third kappa shape index (κ3) is 4.23. The lowest BCUT2D eigenvalue weighted by atomic mass is 9.99. The van der Waals surface area contributed by atoms with Crippen LogP contribution in [0.5, 0.6) is 0 Å². The van der Waals surface area contributed by atoms with Gasteiger partial charge < -0.3 is 15.3 Å². The Morgan fingerprint density at radius 3 is 2.64 bits per heavy atom. The van der Waals surface area contributed by atoms with Gasteiger partial charge in [-0.15, -0.1) is 0 Å². The van der Waals surface area contributed by atoms with Crippen molar-refractivity contribution in [3.63, 3.8) is 0 Å². The Bertz CT molecular complexity index is 494. The molecule has 2 rings (SSSR count). The van der Waals surface area contributed by atoms with E-state index in [2.05, 4.69) is 37.4 Å². The molecule has 4 heteroatoms. The highest BCUT2D eigenvalue weighted by Gasteiger charge is 2.27. The molecule has 22 heavy (non-hydrogen) atoms. The van der Waals surface area contributed by atoms with E-state index in [1.54, 1.807) is 0 Å². The topological polar surface area (TPSA) is 52.6 Å². The van der Waals surface area contributed by atoms with Gasteiger partial charge in [-0.05, 0) is 52.0 Å². The zero-order valence-corrected chi connectivity index (χ0v) is 13.9. The van der Waals surface area contributed by atoms with Crippen LogP contribution in [-0.4, -0.2) is 35.2 Å². The van der Waals surface area contributed by atoms with E-state index in [-0.39, 0.29) is 24.7 Å². The largest absolute Gasteiger partial charge is 0.396 e. The summed E-state index contributed by atoms with van der Waals surface area (Å²) in [6.07, 6.45) is 3.85. The SMILES string of the molecule is Cc1cc(C)cc(C(C)NC(=O)N2CCCCC2CCO)c1. The number of urea groups is 1. The van der Waals surface area contributed by atoms with Crippen molar-refractivity contribution in [1.82, 2.24) is 10.2 Å². The number of nitrogens with zero attached hydrogens (tertiary/aromatic N) is 1. The van der Waals surface area contributed by atoms with Crippen molar-refractivity contribution in [3.05, 3.63) is 34.9 Å². The second-order valence-corrected chi connectivity index (χ2v) is 6.45. The summed E-state index contributed by atoms with van der Waals surface area (Å²) in [7, 11) is 0. The molecule has 4 nitrogen and oxygen atoms in total. The number of rotatable bonds is 4. The number of carbonyl (C=O) groups is 1. The number of benzene rings is 1. The molecule has 1 aliphatic heterocycles. The fraction of sp³-hybridized carbons (Fsp3) is 0.611. The molecule has 122 valence electrons. The number of likely N-dealkylation sites (tertiary alicyclic amines) is 1. The lowest BCUT2D eigenvalue weighted by Gasteiger charge is -2.36. The Morgan fingerprint density at radius 2 is 2.00 bits per heavy atom. The van der Waals surface area contributed by atoms with Gasteiger partial charge in [0.2, 0.25) is 0 Å². The third-order valence-corrected chi connectivity index (χ3v) is 4.43. The predicted octanol–water partition coefficient (Wildman–Crippen LogP) is 3.31. The minimum absolute atomic E-state index is 0.00944. The maximum Gasteiger partial charge on any atom is 0.318 e. The van der Waals surface area contributed by atoms with Crippen molar-refractivity contribution in [3.8, 4) is 0 Å². The van der Waals surface area contributed by atoms with Crippen LogP contribution in [0, 0.1) is 13.8 Å². The molecule has 1 aromatic carbocycles. The summed E-state index contributed by atoms with van der Waals surface area (Å²) in [6, 6.07) is 6.54. The predicted molar refractivity (Wildman–Crippen MR) is 88.9 cm³/mol. The van der Waals surface area contributed by atoms with Crippen LogP contribution in [-0.2, 0) is 0 Å². The molecule has 0 saturated carbocycles. The van der Waals surface area contributed by atoms with Crippen LogP contribution in [0.3, 0.4) is 0 Å². The van der Waals surface area contributed by atoms with E-state index in [9.17, 15) is 9.90 Å². The Hall–Kier alpha value is -1.55. The molecule has 2 atom stereocenters. The van der Waals surface area contributed by atoms with E-state index in [1.165, 1.54) is 11.1 Å². The number of hydrogen-bond acceptors (Lipinski definition) is 2. The average Bonchev–Trinajstić information content (AvgIpc) is 2.47. The van der Waals surface area contributed by atoms with E-state index >= 15 is 0 Å². The highest BCUT2D eigenvalue weighted by molar-refractivity contribution is 5.75. The van der Waals surface area contributed by atoms with Crippen molar-refractivity contribution in [1.29, 1.82) is 0 Å². The number of piperidine rings is 1. The van der Waals surface area contributed by atoms with Crippen LogP contribution in [0.4, 0.5) is 4.79 Å². The Morgan fingerprint density at radius 1 is 1.32 bits per heavy atom. The molecule has 2 amide bonds. The minimum atomic E-state index is -0.0113. The van der Waals surface area contributed by atoms with Crippen LogP contribution < -0.4 is 5.32 Å². The molecule has 1 saturated heterocycles. The van der Waals surface area contributed by atoms with Crippen LogP contribution in [0.2, 0.25) is 0 Å². The van der Waals surface area contributed by atoms with Gasteiger partial charge in [-0.3, -0.25) is 0 Å². The molecule has 0 spiro atoms. The summed E-state index contributed by atoms with van der Waals surface area (Å²) in [5.74, 6) is 0. The Kier molecular flexibility index (Phi) is 5.83. The number of nitrogens with one attached hydrogen (secondary N) is 1. The first-order chi connectivity index (χ1) is 10.5. The summed E-state index contributed by atoms with van der Waals surface area (Å²) in [6.45, 7) is 7.11. The molecule has 2 N–H and O–H groups in total. The van der Waals surface area contributed by atoms with Gasteiger partial charge in [0, 0.05) is 19.2 Å². The smallest absolute Gasteiger partial charge is 0.318 e. The third-order valence-electron chi connectivity index (χ3n) is 4.43. The van der Waals surface area contributed by atoms with Gasteiger partial charge in [-0.25, -0.2) is 4.79 Å². The summed E-state index contributed by atoms with van der Waals surface area (Å²) in [5, 5.41) is 12.3. The number of aryl methyl sites for hydroxylation is 2. The summed E-state index contributed by atoms with van der Waals surface area (Å²) in [4.78, 5) is 14.5. The van der Waals surface area contributed by atoms with Gasteiger partial charge >= 0.3 is 6.03 Å². The van der Waals surface area contributed by atoms with Crippen molar-refractivity contribution in [2.24, 2.45) is 0 Å². The second-order valence-electron chi connectivity index (χ2n) is 6.45. The molecule has 1 aromatic rings. The number of carbonyl (C=O) groups excluding carboxylic acids is 1. The summed E-state index contributed by atoms with van der Waals surface area (Å²) < 4.78 is 0. The van der Waals surface area contributed by atoms with Crippen LogP contribution in [0.25, 0.3) is 0 Å². The van der Waals surface area contributed by atoms with Gasteiger partial charge in [0.15, 0.2) is 0 Å². The van der Waals surface area contributed by atoms with Gasteiger partial charge in [0.25, 0.3) is 0 Å². The lowest BCUT2D eigenvalue weighted by molar-refractivity contribution is 0.130. The maximum atomic E-state index is 12.6. The van der Waals surface area contributed by atoms with Crippen LogP contribution >= 0.6 is 0 Å². The first-order valence-electron chi connectivity index (χ1n) is 8.27. The average molecular weight is 304 g/mol. The molecule has 0 aliphatic carbocycles. The van der Waals surface area contributed by atoms with E-state index in [1.807, 2.05) is 11.8 Å².